The number of ether oxygens (including phenoxy) is 1. The highest BCUT2D eigenvalue weighted by Gasteiger charge is 2.31. The number of aliphatic hydroxyl groups is 1. The normalized spacial score (nSPS) is 18.8. The zero-order valence-electron chi connectivity index (χ0n) is 10.1. The molecule has 0 spiro atoms. The smallest absolute Gasteiger partial charge is 0.0615 e. The molecule has 2 N–H and O–H groups in total. The Hall–Kier alpha value is -0.130. The second-order valence-electron chi connectivity index (χ2n) is 4.65. The summed E-state index contributed by atoms with van der Waals surface area (Å²) in [6, 6.07) is 5.89. The third-order valence-electron chi connectivity index (χ3n) is 3.40. The minimum atomic E-state index is -0.211. The summed E-state index contributed by atoms with van der Waals surface area (Å²) in [5, 5.41) is 13.7. The van der Waals surface area contributed by atoms with Gasteiger partial charge in [-0.1, -0.05) is 17.7 Å². The quantitative estimate of drug-likeness (QED) is 0.889. The third kappa shape index (κ3) is 3.45. The lowest BCUT2D eigenvalue weighted by molar-refractivity contribution is 0.0112. The molecule has 100 valence electrons. The Labute approximate surface area is 121 Å². The maximum absolute atomic E-state index is 9.57. The molecular weight excluding hydrogens is 318 g/mol. The van der Waals surface area contributed by atoms with Crippen molar-refractivity contribution in [3.8, 4) is 0 Å². The van der Waals surface area contributed by atoms with Gasteiger partial charge in [-0.15, -0.1) is 0 Å². The van der Waals surface area contributed by atoms with Gasteiger partial charge in [0.15, 0.2) is 0 Å². The van der Waals surface area contributed by atoms with Gasteiger partial charge in [0.25, 0.3) is 0 Å². The summed E-state index contributed by atoms with van der Waals surface area (Å²) in [4.78, 5) is 0. The Balaban J connectivity index is 1.98. The molecule has 0 amide bonds. The number of benzene rings is 1. The van der Waals surface area contributed by atoms with Crippen molar-refractivity contribution in [2.24, 2.45) is 0 Å². The molecule has 1 saturated heterocycles. The van der Waals surface area contributed by atoms with Gasteiger partial charge in [-0.05, 0) is 46.5 Å². The number of hydrogen-bond acceptors (Lipinski definition) is 3. The van der Waals surface area contributed by atoms with Gasteiger partial charge in [-0.2, -0.15) is 0 Å². The fourth-order valence-electron chi connectivity index (χ4n) is 2.09. The summed E-state index contributed by atoms with van der Waals surface area (Å²) in [5.41, 5.74) is 0.903. The van der Waals surface area contributed by atoms with Gasteiger partial charge in [-0.3, -0.25) is 0 Å². The van der Waals surface area contributed by atoms with E-state index in [9.17, 15) is 5.11 Å². The molecule has 18 heavy (non-hydrogen) atoms. The maximum atomic E-state index is 9.57. The van der Waals surface area contributed by atoms with E-state index in [0.717, 1.165) is 22.9 Å². The summed E-state index contributed by atoms with van der Waals surface area (Å²) in [7, 11) is 0. The highest BCUT2D eigenvalue weighted by Crippen LogP contribution is 2.24. The first kappa shape index (κ1) is 14.3. The number of aliphatic hydroxyl groups excluding tert-OH is 1. The molecular formula is C13H17BrClNO2. The standard InChI is InChI=1S/C13H17BrClNO2/c14-11-2-1-10(7-12(11)15)8-16-13(9-17)3-5-18-6-4-13/h1-2,7,16-17H,3-6,8-9H2. The van der Waals surface area contributed by atoms with Crippen molar-refractivity contribution < 1.29 is 9.84 Å². The predicted molar refractivity (Wildman–Crippen MR) is 75.9 cm³/mol. The molecule has 0 aliphatic carbocycles. The number of hydrogen-bond donors (Lipinski definition) is 2. The van der Waals surface area contributed by atoms with Crippen LogP contribution in [0.4, 0.5) is 0 Å². The lowest BCUT2D eigenvalue weighted by Crippen LogP contribution is -2.51. The second-order valence-corrected chi connectivity index (χ2v) is 5.91. The number of nitrogens with one attached hydrogen (secondary N) is 1. The summed E-state index contributed by atoms with van der Waals surface area (Å²) < 4.78 is 6.23. The van der Waals surface area contributed by atoms with Crippen LogP contribution in [0.2, 0.25) is 5.02 Å². The van der Waals surface area contributed by atoms with Crippen molar-refractivity contribution >= 4 is 27.5 Å². The summed E-state index contributed by atoms with van der Waals surface area (Å²) in [5.74, 6) is 0. The van der Waals surface area contributed by atoms with Gasteiger partial charge in [0.1, 0.15) is 0 Å². The maximum Gasteiger partial charge on any atom is 0.0615 e. The Morgan fingerprint density at radius 2 is 2.11 bits per heavy atom. The molecule has 0 atom stereocenters. The molecule has 1 aromatic rings. The van der Waals surface area contributed by atoms with Crippen molar-refractivity contribution in [1.82, 2.24) is 5.32 Å². The summed E-state index contributed by atoms with van der Waals surface area (Å²) in [6.07, 6.45) is 1.68. The van der Waals surface area contributed by atoms with E-state index in [1.165, 1.54) is 0 Å². The predicted octanol–water partition coefficient (Wildman–Crippen LogP) is 2.73. The van der Waals surface area contributed by atoms with Crippen LogP contribution in [-0.2, 0) is 11.3 Å². The molecule has 5 heteroatoms. The molecule has 1 fully saturated rings. The van der Waals surface area contributed by atoms with E-state index in [4.69, 9.17) is 16.3 Å². The fraction of sp³-hybridized carbons (Fsp3) is 0.538. The lowest BCUT2D eigenvalue weighted by Gasteiger charge is -2.36. The molecule has 2 rings (SSSR count). The number of rotatable bonds is 4. The zero-order valence-corrected chi connectivity index (χ0v) is 12.4. The van der Waals surface area contributed by atoms with E-state index in [2.05, 4.69) is 21.2 Å². The topological polar surface area (TPSA) is 41.5 Å². The molecule has 1 aliphatic heterocycles. The Bertz CT molecular complexity index is 408. The zero-order chi connectivity index (χ0) is 13.0. The molecule has 0 aromatic heterocycles. The summed E-state index contributed by atoms with van der Waals surface area (Å²) in [6.45, 7) is 2.25. The SMILES string of the molecule is OCC1(NCc2ccc(Br)c(Cl)c2)CCOCC1. The van der Waals surface area contributed by atoms with E-state index in [-0.39, 0.29) is 12.1 Å². The van der Waals surface area contributed by atoms with Crippen LogP contribution in [0, 0.1) is 0 Å². The van der Waals surface area contributed by atoms with Gasteiger partial charge >= 0.3 is 0 Å². The third-order valence-corrected chi connectivity index (χ3v) is 4.64. The minimum Gasteiger partial charge on any atom is -0.394 e. The average Bonchev–Trinajstić information content (AvgIpc) is 2.41. The van der Waals surface area contributed by atoms with Crippen molar-refractivity contribution in [1.29, 1.82) is 0 Å². The average molecular weight is 335 g/mol. The van der Waals surface area contributed by atoms with E-state index < -0.39 is 0 Å². The van der Waals surface area contributed by atoms with E-state index >= 15 is 0 Å². The Morgan fingerprint density at radius 3 is 2.72 bits per heavy atom. The lowest BCUT2D eigenvalue weighted by atomic mass is 9.91. The van der Waals surface area contributed by atoms with Crippen molar-refractivity contribution in [3.63, 3.8) is 0 Å². The molecule has 0 saturated carbocycles. The highest BCUT2D eigenvalue weighted by molar-refractivity contribution is 9.10. The van der Waals surface area contributed by atoms with Gasteiger partial charge in [0.2, 0.25) is 0 Å². The van der Waals surface area contributed by atoms with Gasteiger partial charge < -0.3 is 15.2 Å². The first-order valence-corrected chi connectivity index (χ1v) is 7.20. The van der Waals surface area contributed by atoms with Crippen molar-refractivity contribution in [3.05, 3.63) is 33.3 Å². The largest absolute Gasteiger partial charge is 0.394 e. The van der Waals surface area contributed by atoms with Crippen LogP contribution in [-0.4, -0.2) is 30.5 Å². The first-order chi connectivity index (χ1) is 8.65. The molecule has 1 aliphatic rings. The van der Waals surface area contributed by atoms with Crippen LogP contribution in [0.5, 0.6) is 0 Å². The molecule has 1 heterocycles. The fourth-order valence-corrected chi connectivity index (χ4v) is 2.54. The monoisotopic (exact) mass is 333 g/mol. The van der Waals surface area contributed by atoms with Crippen LogP contribution >= 0.6 is 27.5 Å². The van der Waals surface area contributed by atoms with Gasteiger partial charge in [0, 0.05) is 29.8 Å². The molecule has 0 radical (unpaired) electrons. The van der Waals surface area contributed by atoms with Crippen LogP contribution in [0.1, 0.15) is 18.4 Å². The van der Waals surface area contributed by atoms with Gasteiger partial charge in [0.05, 0.1) is 11.6 Å². The minimum absolute atomic E-state index is 0.140. The summed E-state index contributed by atoms with van der Waals surface area (Å²) >= 11 is 9.43. The highest BCUT2D eigenvalue weighted by atomic mass is 79.9. The molecule has 0 unspecified atom stereocenters. The molecule has 3 nitrogen and oxygen atoms in total. The van der Waals surface area contributed by atoms with Crippen LogP contribution in [0.25, 0.3) is 0 Å². The molecule has 1 aromatic carbocycles. The van der Waals surface area contributed by atoms with E-state index in [0.29, 0.717) is 24.8 Å². The second kappa shape index (κ2) is 6.35. The molecule has 0 bridgehead atoms. The van der Waals surface area contributed by atoms with Crippen LogP contribution < -0.4 is 5.32 Å². The van der Waals surface area contributed by atoms with Crippen LogP contribution in [0.3, 0.4) is 0 Å². The Kier molecular flexibility index (Phi) is 5.04. The Morgan fingerprint density at radius 1 is 1.39 bits per heavy atom. The van der Waals surface area contributed by atoms with E-state index in [1.54, 1.807) is 0 Å². The number of halogens is 2. The van der Waals surface area contributed by atoms with Crippen molar-refractivity contribution in [2.45, 2.75) is 24.9 Å². The van der Waals surface area contributed by atoms with Gasteiger partial charge in [-0.25, -0.2) is 0 Å². The first-order valence-electron chi connectivity index (χ1n) is 6.03. The van der Waals surface area contributed by atoms with E-state index in [1.807, 2.05) is 18.2 Å². The van der Waals surface area contributed by atoms with Crippen LogP contribution in [0.15, 0.2) is 22.7 Å². The van der Waals surface area contributed by atoms with Crippen molar-refractivity contribution in [2.75, 3.05) is 19.8 Å².